The summed E-state index contributed by atoms with van der Waals surface area (Å²) < 4.78 is 16.0. The number of hydrogen-bond donors (Lipinski definition) is 0. The largest absolute Gasteiger partial charge is 0.373 e. The summed E-state index contributed by atoms with van der Waals surface area (Å²) in [6.07, 6.45) is 0. The summed E-state index contributed by atoms with van der Waals surface area (Å²) in [6.45, 7) is 0. The molecule has 0 N–H and O–H groups in total. The zero-order valence-electron chi connectivity index (χ0n) is 13.1. The molecule has 0 amide bonds. The van der Waals surface area contributed by atoms with Gasteiger partial charge in [0, 0.05) is 42.7 Å². The molecule has 0 radical (unpaired) electrons. The molecule has 0 aliphatic heterocycles. The normalized spacial score (nSPS) is 11.0. The molecule has 3 rings (SSSR count). The highest BCUT2D eigenvalue weighted by molar-refractivity contribution is 6.31. The third-order valence-electron chi connectivity index (χ3n) is 3.92. The van der Waals surface area contributed by atoms with E-state index in [0.717, 1.165) is 5.39 Å². The van der Waals surface area contributed by atoms with E-state index in [1.165, 1.54) is 6.07 Å². The first-order valence-electron chi connectivity index (χ1n) is 7.16. The van der Waals surface area contributed by atoms with Crippen molar-refractivity contribution in [2.75, 3.05) is 19.0 Å². The van der Waals surface area contributed by atoms with Crippen LogP contribution in [-0.2, 0) is 7.05 Å². The van der Waals surface area contributed by atoms with Gasteiger partial charge in [0.1, 0.15) is 11.5 Å². The quantitative estimate of drug-likeness (QED) is 0.708. The van der Waals surface area contributed by atoms with Gasteiger partial charge in [-0.1, -0.05) is 29.8 Å². The van der Waals surface area contributed by atoms with Gasteiger partial charge in [-0.25, -0.2) is 4.39 Å². The number of anilines is 1. The predicted molar refractivity (Wildman–Crippen MR) is 93.9 cm³/mol. The van der Waals surface area contributed by atoms with Gasteiger partial charge in [-0.2, -0.15) is 0 Å². The standard InChI is InChI=1S/C18H16ClFN2O/c1-21(2)17-16(12-6-4-5-7-14(12)20)13-10-11(19)8-9-15(13)22(3)18(17)23/h4-10H,1-3H3. The second-order valence-electron chi connectivity index (χ2n) is 5.62. The summed E-state index contributed by atoms with van der Waals surface area (Å²) in [4.78, 5) is 14.5. The van der Waals surface area contributed by atoms with Crippen molar-refractivity contribution in [3.8, 4) is 11.1 Å². The van der Waals surface area contributed by atoms with Crippen molar-refractivity contribution in [3.63, 3.8) is 0 Å². The molecule has 0 atom stereocenters. The van der Waals surface area contributed by atoms with Crippen LogP contribution >= 0.6 is 11.6 Å². The second kappa shape index (κ2) is 5.70. The summed E-state index contributed by atoms with van der Waals surface area (Å²) in [7, 11) is 5.26. The first-order valence-corrected chi connectivity index (χ1v) is 7.54. The highest BCUT2D eigenvalue weighted by atomic mass is 35.5. The SMILES string of the molecule is CN(C)c1c(-c2ccccc2F)c2cc(Cl)ccc2n(C)c1=O. The molecule has 3 aromatic rings. The van der Waals surface area contributed by atoms with E-state index in [4.69, 9.17) is 11.6 Å². The number of hydrogen-bond acceptors (Lipinski definition) is 2. The molecule has 1 aromatic heterocycles. The van der Waals surface area contributed by atoms with E-state index in [1.54, 1.807) is 67.0 Å². The molecule has 0 unspecified atom stereocenters. The number of aromatic nitrogens is 1. The maximum absolute atomic E-state index is 14.4. The van der Waals surface area contributed by atoms with E-state index in [2.05, 4.69) is 0 Å². The molecule has 0 fully saturated rings. The smallest absolute Gasteiger partial charge is 0.274 e. The molecular formula is C18H16ClFN2O. The highest BCUT2D eigenvalue weighted by Crippen LogP contribution is 2.36. The fourth-order valence-corrected chi connectivity index (χ4v) is 3.03. The molecular weight excluding hydrogens is 315 g/mol. The van der Waals surface area contributed by atoms with Crippen LogP contribution < -0.4 is 10.5 Å². The zero-order chi connectivity index (χ0) is 16.7. The lowest BCUT2D eigenvalue weighted by Gasteiger charge is -2.21. The minimum atomic E-state index is -0.370. The summed E-state index contributed by atoms with van der Waals surface area (Å²) in [5.41, 5.74) is 1.92. The van der Waals surface area contributed by atoms with Crippen LogP contribution in [0.5, 0.6) is 0 Å². The van der Waals surface area contributed by atoms with Crippen molar-refractivity contribution in [1.82, 2.24) is 4.57 Å². The number of benzene rings is 2. The van der Waals surface area contributed by atoms with E-state index >= 15 is 0 Å². The summed E-state index contributed by atoms with van der Waals surface area (Å²) >= 11 is 6.15. The zero-order valence-corrected chi connectivity index (χ0v) is 13.9. The molecule has 118 valence electrons. The number of rotatable bonds is 2. The van der Waals surface area contributed by atoms with E-state index in [0.29, 0.717) is 27.4 Å². The maximum Gasteiger partial charge on any atom is 0.274 e. The van der Waals surface area contributed by atoms with Gasteiger partial charge < -0.3 is 9.47 Å². The van der Waals surface area contributed by atoms with Crippen molar-refractivity contribution in [3.05, 3.63) is 63.7 Å². The monoisotopic (exact) mass is 330 g/mol. The fraction of sp³-hybridized carbons (Fsp3) is 0.167. The molecule has 0 aliphatic rings. The van der Waals surface area contributed by atoms with Crippen LogP contribution in [0.15, 0.2) is 47.3 Å². The highest BCUT2D eigenvalue weighted by Gasteiger charge is 2.20. The van der Waals surface area contributed by atoms with Crippen LogP contribution in [0, 0.1) is 5.82 Å². The Bertz CT molecular complexity index is 963. The first kappa shape index (κ1) is 15.6. The van der Waals surface area contributed by atoms with Gasteiger partial charge >= 0.3 is 0 Å². The van der Waals surface area contributed by atoms with Gasteiger partial charge in [0.05, 0.1) is 5.52 Å². The number of nitrogens with zero attached hydrogens (tertiary/aromatic N) is 2. The number of halogens is 2. The number of aryl methyl sites for hydroxylation is 1. The topological polar surface area (TPSA) is 25.2 Å². The van der Waals surface area contributed by atoms with Crippen molar-refractivity contribution < 1.29 is 4.39 Å². The van der Waals surface area contributed by atoms with Gasteiger partial charge in [0.2, 0.25) is 0 Å². The Morgan fingerprint density at radius 2 is 1.83 bits per heavy atom. The van der Waals surface area contributed by atoms with Crippen molar-refractivity contribution in [2.45, 2.75) is 0 Å². The summed E-state index contributed by atoms with van der Waals surface area (Å²) in [6, 6.07) is 11.7. The van der Waals surface area contributed by atoms with Crippen LogP contribution in [0.1, 0.15) is 0 Å². The molecule has 0 saturated heterocycles. The summed E-state index contributed by atoms with van der Waals surface area (Å²) in [5.74, 6) is -0.370. The lowest BCUT2D eigenvalue weighted by atomic mass is 9.98. The molecule has 5 heteroatoms. The average Bonchev–Trinajstić information content (AvgIpc) is 2.51. The van der Waals surface area contributed by atoms with E-state index in [9.17, 15) is 9.18 Å². The van der Waals surface area contributed by atoms with Crippen molar-refractivity contribution >= 4 is 28.2 Å². The minimum absolute atomic E-state index is 0.178. The van der Waals surface area contributed by atoms with Crippen LogP contribution in [0.3, 0.4) is 0 Å². The van der Waals surface area contributed by atoms with Gasteiger partial charge in [-0.05, 0) is 24.3 Å². The van der Waals surface area contributed by atoms with Gasteiger partial charge in [-0.3, -0.25) is 4.79 Å². The fourth-order valence-electron chi connectivity index (χ4n) is 2.86. The Labute approximate surface area is 138 Å². The second-order valence-corrected chi connectivity index (χ2v) is 6.06. The molecule has 23 heavy (non-hydrogen) atoms. The Kier molecular flexibility index (Phi) is 3.86. The predicted octanol–water partition coefficient (Wildman–Crippen LogP) is 4.06. The van der Waals surface area contributed by atoms with Crippen molar-refractivity contribution in [2.24, 2.45) is 7.05 Å². The van der Waals surface area contributed by atoms with E-state index in [-0.39, 0.29) is 11.4 Å². The lowest BCUT2D eigenvalue weighted by Crippen LogP contribution is -2.27. The third kappa shape index (κ3) is 2.49. The molecule has 3 nitrogen and oxygen atoms in total. The van der Waals surface area contributed by atoms with E-state index in [1.807, 2.05) is 0 Å². The minimum Gasteiger partial charge on any atom is -0.373 e. The summed E-state index contributed by atoms with van der Waals surface area (Å²) in [5, 5.41) is 1.28. The average molecular weight is 331 g/mol. The Morgan fingerprint density at radius 3 is 2.48 bits per heavy atom. The third-order valence-corrected chi connectivity index (χ3v) is 4.16. The van der Waals surface area contributed by atoms with Crippen LogP contribution in [0.25, 0.3) is 22.0 Å². The molecule has 0 aliphatic carbocycles. The number of fused-ring (bicyclic) bond motifs is 1. The molecule has 1 heterocycles. The van der Waals surface area contributed by atoms with Crippen LogP contribution in [0.4, 0.5) is 10.1 Å². The molecule has 0 bridgehead atoms. The van der Waals surface area contributed by atoms with Crippen LogP contribution in [0.2, 0.25) is 5.02 Å². The van der Waals surface area contributed by atoms with E-state index < -0.39 is 0 Å². The van der Waals surface area contributed by atoms with Gasteiger partial charge in [0.25, 0.3) is 5.56 Å². The Hall–Kier alpha value is -2.33. The Balaban J connectivity index is 2.59. The lowest BCUT2D eigenvalue weighted by molar-refractivity contribution is 0.631. The first-order chi connectivity index (χ1) is 10.9. The molecule has 0 saturated carbocycles. The van der Waals surface area contributed by atoms with Crippen LogP contribution in [-0.4, -0.2) is 18.7 Å². The van der Waals surface area contributed by atoms with Crippen molar-refractivity contribution in [1.29, 1.82) is 0 Å². The maximum atomic E-state index is 14.4. The Morgan fingerprint density at radius 1 is 1.13 bits per heavy atom. The molecule has 0 spiro atoms. The number of pyridine rings is 1. The molecule has 2 aromatic carbocycles. The van der Waals surface area contributed by atoms with Gasteiger partial charge in [-0.15, -0.1) is 0 Å². The van der Waals surface area contributed by atoms with Gasteiger partial charge in [0.15, 0.2) is 0 Å².